The standard InChI is InChI=1S/C20H12O13S4.Na.H/c21-34(22,23)9-1-3-11-13(5-9)17(36(27,28)29)7-15-19(11)20-12-4-2-10(35(24,25)26)6-14(12)18(37(30,31)32)8-16(20)33-15;;/h1-8H,(H,21,22,23)(H,24,25,26)(H,27,28,29)(H,30,31,32);;/q;+1;-1. The molecule has 0 aliphatic heterocycles. The van der Waals surface area contributed by atoms with E-state index in [2.05, 4.69) is 0 Å². The topological polar surface area (TPSA) is 231 Å². The summed E-state index contributed by atoms with van der Waals surface area (Å²) >= 11 is 0. The van der Waals surface area contributed by atoms with Crippen LogP contribution in [0.2, 0.25) is 0 Å². The minimum absolute atomic E-state index is 0. The van der Waals surface area contributed by atoms with Gasteiger partial charge >= 0.3 is 29.6 Å². The largest absolute Gasteiger partial charge is 1.00 e. The van der Waals surface area contributed by atoms with Crippen molar-refractivity contribution in [1.82, 2.24) is 0 Å². The SMILES string of the molecule is O=S(=O)(O)c1ccc2c(c1)c(S(=O)(=O)O)cc1oc3cc(S(=O)(=O)O)c4cc(S(=O)(=O)O)ccc4c3c12.[H-].[Na+]. The van der Waals surface area contributed by atoms with Crippen molar-refractivity contribution >= 4 is 84.0 Å². The number of rotatable bonds is 4. The summed E-state index contributed by atoms with van der Waals surface area (Å²) in [5.74, 6) is 0. The molecule has 196 valence electrons. The van der Waals surface area contributed by atoms with E-state index in [0.717, 1.165) is 48.5 Å². The summed E-state index contributed by atoms with van der Waals surface area (Å²) in [6.07, 6.45) is 0. The van der Waals surface area contributed by atoms with Gasteiger partial charge in [-0.3, -0.25) is 18.2 Å². The van der Waals surface area contributed by atoms with E-state index in [9.17, 15) is 51.9 Å². The normalized spacial score (nSPS) is 13.4. The summed E-state index contributed by atoms with van der Waals surface area (Å²) in [4.78, 5) is -2.94. The van der Waals surface area contributed by atoms with Gasteiger partial charge in [0.25, 0.3) is 40.5 Å². The smallest absolute Gasteiger partial charge is 1.00 e. The molecular formula is C20H13NaO13S4. The van der Waals surface area contributed by atoms with Gasteiger partial charge < -0.3 is 5.84 Å². The van der Waals surface area contributed by atoms with Crippen LogP contribution in [0.25, 0.3) is 43.5 Å². The number of fused-ring (bicyclic) bond motifs is 7. The molecule has 0 aliphatic rings. The van der Waals surface area contributed by atoms with E-state index >= 15 is 0 Å². The average Bonchev–Trinajstić information content (AvgIpc) is 3.13. The fourth-order valence-electron chi connectivity index (χ4n) is 4.24. The maximum absolute atomic E-state index is 12.1. The zero-order valence-corrected chi connectivity index (χ0v) is 24.0. The van der Waals surface area contributed by atoms with E-state index in [0.29, 0.717) is 0 Å². The summed E-state index contributed by atoms with van der Waals surface area (Å²) < 4.78 is 139. The molecule has 4 aromatic carbocycles. The molecule has 0 atom stereocenters. The van der Waals surface area contributed by atoms with Crippen LogP contribution in [-0.4, -0.2) is 51.9 Å². The molecule has 5 rings (SSSR count). The van der Waals surface area contributed by atoms with E-state index in [-0.39, 0.29) is 74.5 Å². The number of benzene rings is 4. The molecule has 0 aliphatic carbocycles. The molecule has 0 saturated heterocycles. The van der Waals surface area contributed by atoms with Gasteiger partial charge in [0.2, 0.25) is 0 Å². The third-order valence-electron chi connectivity index (χ3n) is 5.69. The van der Waals surface area contributed by atoms with Crippen molar-refractivity contribution in [3.63, 3.8) is 0 Å². The zero-order chi connectivity index (χ0) is 27.3. The van der Waals surface area contributed by atoms with E-state index in [1.165, 1.54) is 0 Å². The van der Waals surface area contributed by atoms with Crippen LogP contribution < -0.4 is 29.6 Å². The molecule has 13 nitrogen and oxygen atoms in total. The van der Waals surface area contributed by atoms with Crippen LogP contribution in [-0.2, 0) is 40.5 Å². The maximum Gasteiger partial charge on any atom is 1.00 e. The Hall–Kier alpha value is -2.16. The van der Waals surface area contributed by atoms with Gasteiger partial charge in [-0.25, -0.2) is 0 Å². The van der Waals surface area contributed by atoms with Gasteiger partial charge in [0.05, 0.1) is 9.79 Å². The summed E-state index contributed by atoms with van der Waals surface area (Å²) in [6.45, 7) is 0. The average molecular weight is 613 g/mol. The van der Waals surface area contributed by atoms with Gasteiger partial charge in [-0.2, -0.15) is 33.7 Å². The minimum atomic E-state index is -4.98. The molecule has 0 unspecified atom stereocenters. The Balaban J connectivity index is 0.00000210. The molecule has 18 heteroatoms. The summed E-state index contributed by atoms with van der Waals surface area (Å²) in [7, 11) is -19.5. The molecule has 1 aromatic heterocycles. The van der Waals surface area contributed by atoms with Crippen molar-refractivity contribution in [3.8, 4) is 0 Å². The van der Waals surface area contributed by atoms with Crippen molar-refractivity contribution in [2.24, 2.45) is 0 Å². The van der Waals surface area contributed by atoms with Gasteiger partial charge in [0.1, 0.15) is 21.0 Å². The van der Waals surface area contributed by atoms with Crippen molar-refractivity contribution in [2.45, 2.75) is 19.6 Å². The fraction of sp³-hybridized carbons (Fsp3) is 0. The Morgan fingerprint density at radius 3 is 1.13 bits per heavy atom. The monoisotopic (exact) mass is 612 g/mol. The Kier molecular flexibility index (Phi) is 6.78. The second-order valence-corrected chi connectivity index (χ2v) is 13.5. The van der Waals surface area contributed by atoms with Crippen LogP contribution in [0.3, 0.4) is 0 Å². The molecule has 4 N–H and O–H groups in total. The van der Waals surface area contributed by atoms with Crippen LogP contribution in [0, 0.1) is 0 Å². The van der Waals surface area contributed by atoms with Crippen LogP contribution in [0.1, 0.15) is 1.43 Å². The minimum Gasteiger partial charge on any atom is -1.00 e. The first-order chi connectivity index (χ1) is 16.9. The van der Waals surface area contributed by atoms with Crippen LogP contribution in [0.4, 0.5) is 0 Å². The molecule has 5 aromatic rings. The Morgan fingerprint density at radius 1 is 0.500 bits per heavy atom. The van der Waals surface area contributed by atoms with E-state index < -0.39 is 60.1 Å². The first-order valence-corrected chi connectivity index (χ1v) is 15.4. The molecule has 1 heterocycles. The number of hydrogen-bond acceptors (Lipinski definition) is 9. The quantitative estimate of drug-likeness (QED) is 0.155. The molecule has 38 heavy (non-hydrogen) atoms. The number of hydrogen-bond donors (Lipinski definition) is 4. The predicted molar refractivity (Wildman–Crippen MR) is 129 cm³/mol. The number of furan rings is 1. The summed E-state index contributed by atoms with van der Waals surface area (Å²) in [5, 5.41) is -0.479. The Bertz CT molecular complexity index is 2130. The van der Waals surface area contributed by atoms with Crippen LogP contribution >= 0.6 is 0 Å². The van der Waals surface area contributed by atoms with E-state index in [1.54, 1.807) is 0 Å². The van der Waals surface area contributed by atoms with Crippen molar-refractivity contribution in [3.05, 3.63) is 48.5 Å². The first kappa shape index (κ1) is 28.8. The van der Waals surface area contributed by atoms with E-state index in [4.69, 9.17) is 4.42 Å². The second-order valence-electron chi connectivity index (χ2n) is 7.91. The summed E-state index contributed by atoms with van der Waals surface area (Å²) in [6, 6.07) is 7.47. The van der Waals surface area contributed by atoms with Gasteiger partial charge in [-0.15, -0.1) is 0 Å². The predicted octanol–water partition coefficient (Wildman–Crippen LogP) is -0.00430. The van der Waals surface area contributed by atoms with Crippen molar-refractivity contribution in [1.29, 1.82) is 0 Å². The summed E-state index contributed by atoms with van der Waals surface area (Å²) in [5.41, 5.74) is -0.412. The van der Waals surface area contributed by atoms with Crippen molar-refractivity contribution in [2.75, 3.05) is 0 Å². The molecule has 0 spiro atoms. The third-order valence-corrected chi connectivity index (χ3v) is 9.18. The van der Waals surface area contributed by atoms with Gasteiger partial charge in [0.15, 0.2) is 0 Å². The zero-order valence-electron chi connectivity index (χ0n) is 19.7. The van der Waals surface area contributed by atoms with Crippen LogP contribution in [0.15, 0.2) is 72.5 Å². The maximum atomic E-state index is 12.1. The molecule has 0 radical (unpaired) electrons. The fourth-order valence-corrected chi connectivity index (χ4v) is 6.66. The van der Waals surface area contributed by atoms with Gasteiger partial charge in [0, 0.05) is 33.7 Å². The third kappa shape index (κ3) is 4.73. The first-order valence-electron chi connectivity index (χ1n) is 9.67. The Morgan fingerprint density at radius 2 is 0.842 bits per heavy atom. The molecular weight excluding hydrogens is 599 g/mol. The molecule has 0 bridgehead atoms. The second kappa shape index (κ2) is 8.93. The van der Waals surface area contributed by atoms with Crippen molar-refractivity contribution < 1.29 is 87.3 Å². The molecule has 0 saturated carbocycles. The van der Waals surface area contributed by atoms with Gasteiger partial charge in [-0.1, -0.05) is 12.1 Å². The molecule has 0 amide bonds. The van der Waals surface area contributed by atoms with E-state index in [1.807, 2.05) is 0 Å². The molecule has 0 fully saturated rings. The van der Waals surface area contributed by atoms with Crippen LogP contribution in [0.5, 0.6) is 0 Å². The Labute approximate surface area is 237 Å². The van der Waals surface area contributed by atoms with Gasteiger partial charge in [-0.05, 0) is 35.0 Å².